The van der Waals surface area contributed by atoms with Crippen molar-refractivity contribution in [2.45, 2.75) is 12.5 Å². The van der Waals surface area contributed by atoms with E-state index in [0.717, 1.165) is 15.4 Å². The van der Waals surface area contributed by atoms with Crippen LogP contribution in [0.5, 0.6) is 0 Å². The van der Waals surface area contributed by atoms with Gasteiger partial charge in [0.05, 0.1) is 12.1 Å². The Bertz CT molecular complexity index is 841. The highest BCUT2D eigenvalue weighted by atomic mass is 79.9. The second kappa shape index (κ2) is 7.12. The molecule has 0 aliphatic carbocycles. The molecule has 6 nitrogen and oxygen atoms in total. The standard InChI is InChI=1S/C17H13BrFN3O3/c18-11-4-6-13(7-5-11)22-15(23)9-14(17(22)25)20-21-16(24)10-2-1-3-12(19)8-10/h1-8,14,20H,9H2,(H,21,24). The van der Waals surface area contributed by atoms with E-state index in [1.54, 1.807) is 24.3 Å². The van der Waals surface area contributed by atoms with Crippen molar-refractivity contribution < 1.29 is 18.8 Å². The van der Waals surface area contributed by atoms with Crippen LogP contribution in [0.2, 0.25) is 0 Å². The first-order valence-corrected chi connectivity index (χ1v) is 8.19. The molecule has 0 aromatic heterocycles. The van der Waals surface area contributed by atoms with Crippen molar-refractivity contribution >= 4 is 39.3 Å². The summed E-state index contributed by atoms with van der Waals surface area (Å²) in [5.74, 6) is -1.97. The predicted octanol–water partition coefficient (Wildman–Crippen LogP) is 2.15. The van der Waals surface area contributed by atoms with Crippen molar-refractivity contribution in [3.63, 3.8) is 0 Å². The third kappa shape index (κ3) is 3.75. The predicted molar refractivity (Wildman–Crippen MR) is 92.0 cm³/mol. The van der Waals surface area contributed by atoms with Crippen LogP contribution >= 0.6 is 15.9 Å². The Balaban J connectivity index is 1.66. The number of hydrogen-bond acceptors (Lipinski definition) is 4. The van der Waals surface area contributed by atoms with Gasteiger partial charge in [0.1, 0.15) is 11.9 Å². The topological polar surface area (TPSA) is 78.5 Å². The molecule has 25 heavy (non-hydrogen) atoms. The van der Waals surface area contributed by atoms with E-state index in [2.05, 4.69) is 26.8 Å². The summed E-state index contributed by atoms with van der Waals surface area (Å²) in [6.07, 6.45) is -0.0850. The average Bonchev–Trinajstić information content (AvgIpc) is 2.87. The lowest BCUT2D eigenvalue weighted by Gasteiger charge is -2.16. The van der Waals surface area contributed by atoms with Crippen molar-refractivity contribution in [2.75, 3.05) is 4.90 Å². The van der Waals surface area contributed by atoms with E-state index in [-0.39, 0.29) is 17.9 Å². The molecule has 0 radical (unpaired) electrons. The smallest absolute Gasteiger partial charge is 0.265 e. The molecule has 128 valence electrons. The highest BCUT2D eigenvalue weighted by Gasteiger charge is 2.39. The van der Waals surface area contributed by atoms with Gasteiger partial charge in [0.2, 0.25) is 5.91 Å². The summed E-state index contributed by atoms with van der Waals surface area (Å²) >= 11 is 3.29. The molecular weight excluding hydrogens is 393 g/mol. The Labute approximate surface area is 151 Å². The lowest BCUT2D eigenvalue weighted by atomic mass is 10.2. The number of hydrazine groups is 1. The van der Waals surface area contributed by atoms with Crippen LogP contribution in [0.15, 0.2) is 53.0 Å². The van der Waals surface area contributed by atoms with Crippen molar-refractivity contribution in [3.8, 4) is 0 Å². The fraction of sp³-hybridized carbons (Fsp3) is 0.118. The van der Waals surface area contributed by atoms with Gasteiger partial charge in [-0.2, -0.15) is 0 Å². The van der Waals surface area contributed by atoms with E-state index < -0.39 is 23.7 Å². The Morgan fingerprint density at radius 2 is 1.88 bits per heavy atom. The number of rotatable bonds is 4. The number of benzene rings is 2. The molecule has 0 bridgehead atoms. The van der Waals surface area contributed by atoms with Crippen molar-refractivity contribution in [1.82, 2.24) is 10.9 Å². The van der Waals surface area contributed by atoms with E-state index in [1.165, 1.54) is 18.2 Å². The normalized spacial score (nSPS) is 17.0. The Morgan fingerprint density at radius 3 is 2.56 bits per heavy atom. The summed E-state index contributed by atoms with van der Waals surface area (Å²) in [5.41, 5.74) is 5.45. The number of carbonyl (C=O) groups excluding carboxylic acids is 3. The quantitative estimate of drug-likeness (QED) is 0.603. The van der Waals surface area contributed by atoms with Crippen LogP contribution in [0.25, 0.3) is 0 Å². The molecule has 2 aromatic carbocycles. The molecular formula is C17H13BrFN3O3. The van der Waals surface area contributed by atoms with Gasteiger partial charge in [-0.05, 0) is 42.5 Å². The van der Waals surface area contributed by atoms with Gasteiger partial charge in [-0.3, -0.25) is 19.8 Å². The number of halogens is 2. The SMILES string of the molecule is O=C(NNC1CC(=O)N(c2ccc(Br)cc2)C1=O)c1cccc(F)c1. The molecule has 1 saturated heterocycles. The number of carbonyl (C=O) groups is 3. The number of nitrogens with zero attached hydrogens (tertiary/aromatic N) is 1. The summed E-state index contributed by atoms with van der Waals surface area (Å²) in [5, 5.41) is 0. The lowest BCUT2D eigenvalue weighted by Crippen LogP contribution is -2.48. The maximum absolute atomic E-state index is 13.1. The maximum Gasteiger partial charge on any atom is 0.265 e. The third-order valence-electron chi connectivity index (χ3n) is 3.68. The van der Waals surface area contributed by atoms with Crippen molar-refractivity contribution in [3.05, 3.63) is 64.4 Å². The minimum absolute atomic E-state index is 0.0850. The summed E-state index contributed by atoms with van der Waals surface area (Å²) in [4.78, 5) is 37.6. The van der Waals surface area contributed by atoms with E-state index in [0.29, 0.717) is 5.69 Å². The van der Waals surface area contributed by atoms with E-state index >= 15 is 0 Å². The Morgan fingerprint density at radius 1 is 1.16 bits per heavy atom. The fourth-order valence-electron chi connectivity index (χ4n) is 2.46. The van der Waals surface area contributed by atoms with E-state index in [9.17, 15) is 18.8 Å². The second-order valence-corrected chi connectivity index (χ2v) is 6.32. The van der Waals surface area contributed by atoms with Gasteiger partial charge in [-0.15, -0.1) is 0 Å². The van der Waals surface area contributed by atoms with E-state index in [1.807, 2.05) is 0 Å². The zero-order valence-electron chi connectivity index (χ0n) is 12.8. The molecule has 1 atom stereocenters. The molecule has 0 spiro atoms. The first kappa shape index (κ1) is 17.2. The molecule has 0 saturated carbocycles. The largest absolute Gasteiger partial charge is 0.287 e. The zero-order chi connectivity index (χ0) is 18.0. The molecule has 1 aliphatic rings. The molecule has 1 fully saturated rings. The van der Waals surface area contributed by atoms with Gasteiger partial charge >= 0.3 is 0 Å². The van der Waals surface area contributed by atoms with Gasteiger partial charge in [0, 0.05) is 10.0 Å². The minimum Gasteiger partial charge on any atom is -0.287 e. The minimum atomic E-state index is -0.881. The first-order chi connectivity index (χ1) is 12.0. The Hall–Kier alpha value is -2.58. The molecule has 3 rings (SSSR count). The summed E-state index contributed by atoms with van der Waals surface area (Å²) in [6.45, 7) is 0. The van der Waals surface area contributed by atoms with Crippen LogP contribution in [0.4, 0.5) is 10.1 Å². The fourth-order valence-corrected chi connectivity index (χ4v) is 2.73. The van der Waals surface area contributed by atoms with Gasteiger partial charge in [0.15, 0.2) is 0 Å². The number of anilines is 1. The summed E-state index contributed by atoms with van der Waals surface area (Å²) in [7, 11) is 0. The van der Waals surface area contributed by atoms with Gasteiger partial charge in [0.25, 0.3) is 11.8 Å². The maximum atomic E-state index is 13.1. The molecule has 2 aromatic rings. The molecule has 1 unspecified atom stereocenters. The van der Waals surface area contributed by atoms with Gasteiger partial charge < -0.3 is 0 Å². The Kier molecular flexibility index (Phi) is 4.91. The zero-order valence-corrected chi connectivity index (χ0v) is 14.4. The van der Waals surface area contributed by atoms with E-state index in [4.69, 9.17) is 0 Å². The third-order valence-corrected chi connectivity index (χ3v) is 4.21. The van der Waals surface area contributed by atoms with Crippen LogP contribution in [0.1, 0.15) is 16.8 Å². The van der Waals surface area contributed by atoms with Crippen LogP contribution < -0.4 is 15.8 Å². The molecule has 1 aliphatic heterocycles. The van der Waals surface area contributed by atoms with Gasteiger partial charge in [-0.25, -0.2) is 14.7 Å². The molecule has 2 N–H and O–H groups in total. The molecule has 1 heterocycles. The number of amides is 3. The lowest BCUT2D eigenvalue weighted by molar-refractivity contribution is -0.121. The van der Waals surface area contributed by atoms with Crippen LogP contribution in [0.3, 0.4) is 0 Å². The highest BCUT2D eigenvalue weighted by molar-refractivity contribution is 9.10. The highest BCUT2D eigenvalue weighted by Crippen LogP contribution is 2.24. The summed E-state index contributed by atoms with van der Waals surface area (Å²) in [6, 6.07) is 11.0. The number of hydrogen-bond donors (Lipinski definition) is 2. The number of nitrogens with one attached hydrogen (secondary N) is 2. The summed E-state index contributed by atoms with van der Waals surface area (Å²) < 4.78 is 14.0. The van der Waals surface area contributed by atoms with Crippen LogP contribution in [-0.4, -0.2) is 23.8 Å². The van der Waals surface area contributed by atoms with Gasteiger partial charge in [-0.1, -0.05) is 22.0 Å². The van der Waals surface area contributed by atoms with Crippen molar-refractivity contribution in [2.24, 2.45) is 0 Å². The van der Waals surface area contributed by atoms with Crippen LogP contribution in [-0.2, 0) is 9.59 Å². The monoisotopic (exact) mass is 405 g/mol. The first-order valence-electron chi connectivity index (χ1n) is 7.39. The second-order valence-electron chi connectivity index (χ2n) is 5.41. The number of imide groups is 1. The van der Waals surface area contributed by atoms with Crippen LogP contribution in [0, 0.1) is 5.82 Å². The molecule has 8 heteroatoms. The van der Waals surface area contributed by atoms with Crippen molar-refractivity contribution in [1.29, 1.82) is 0 Å². The average molecular weight is 406 g/mol. The molecule has 3 amide bonds.